The van der Waals surface area contributed by atoms with Crippen LogP contribution >= 0.6 is 0 Å². The van der Waals surface area contributed by atoms with E-state index >= 15 is 0 Å². The van der Waals surface area contributed by atoms with Crippen LogP contribution in [0.15, 0.2) is 48.5 Å². The average Bonchev–Trinajstić information content (AvgIpc) is 3.15. The van der Waals surface area contributed by atoms with Crippen molar-refractivity contribution in [3.8, 4) is 0 Å². The van der Waals surface area contributed by atoms with Crippen molar-refractivity contribution in [1.29, 1.82) is 0 Å². The van der Waals surface area contributed by atoms with Crippen LogP contribution in [0.5, 0.6) is 0 Å². The molecule has 0 radical (unpaired) electrons. The van der Waals surface area contributed by atoms with Gasteiger partial charge in [0.1, 0.15) is 5.82 Å². The summed E-state index contributed by atoms with van der Waals surface area (Å²) in [4.78, 5) is 19.6. The lowest BCUT2D eigenvalue weighted by molar-refractivity contribution is 0.0950. The summed E-state index contributed by atoms with van der Waals surface area (Å²) in [7, 11) is 0. The molecule has 1 amide bonds. The highest BCUT2D eigenvalue weighted by Gasteiger charge is 2.23. The molecule has 2 heterocycles. The first kappa shape index (κ1) is 18.4. The average molecular weight is 377 g/mol. The number of nitrogens with one attached hydrogen (secondary N) is 1. The van der Waals surface area contributed by atoms with E-state index in [1.165, 1.54) is 12.1 Å². The molecule has 28 heavy (non-hydrogen) atoms. The number of nitrogens with zero attached hydrogens (tertiary/aromatic N) is 2. The Kier molecular flexibility index (Phi) is 4.99. The number of carbonyl (C=O) groups excluding carboxylic acids is 1. The second-order valence-corrected chi connectivity index (χ2v) is 7.62. The molecular formula is C23H24FN3O. The van der Waals surface area contributed by atoms with Crippen LogP contribution in [0.2, 0.25) is 0 Å². The van der Waals surface area contributed by atoms with Gasteiger partial charge in [-0.25, -0.2) is 4.39 Å². The van der Waals surface area contributed by atoms with Gasteiger partial charge in [0.2, 0.25) is 0 Å². The molecule has 1 aliphatic rings. The predicted molar refractivity (Wildman–Crippen MR) is 110 cm³/mol. The van der Waals surface area contributed by atoms with Crippen molar-refractivity contribution >= 4 is 22.5 Å². The van der Waals surface area contributed by atoms with Gasteiger partial charge in [-0.2, -0.15) is 0 Å². The Labute approximate surface area is 164 Å². The summed E-state index contributed by atoms with van der Waals surface area (Å²) >= 11 is 0. The molecule has 1 N–H and O–H groups in total. The Hall–Kier alpha value is -2.95. The maximum absolute atomic E-state index is 13.1. The molecule has 4 nitrogen and oxygen atoms in total. The van der Waals surface area contributed by atoms with Crippen LogP contribution in [0.4, 0.5) is 10.1 Å². The molecule has 0 bridgehead atoms. The van der Waals surface area contributed by atoms with Gasteiger partial charge in [-0.15, -0.1) is 0 Å². The molecule has 0 aliphatic carbocycles. The number of amides is 1. The van der Waals surface area contributed by atoms with Gasteiger partial charge in [0.15, 0.2) is 0 Å². The Morgan fingerprint density at radius 2 is 1.96 bits per heavy atom. The highest BCUT2D eigenvalue weighted by Crippen LogP contribution is 2.24. The van der Waals surface area contributed by atoms with Crippen LogP contribution in [-0.2, 0) is 0 Å². The lowest BCUT2D eigenvalue weighted by Gasteiger charge is -2.19. The van der Waals surface area contributed by atoms with Crippen molar-refractivity contribution in [1.82, 2.24) is 10.3 Å². The molecule has 4 rings (SSSR count). The Morgan fingerprint density at radius 3 is 2.75 bits per heavy atom. The van der Waals surface area contributed by atoms with Crippen molar-refractivity contribution in [2.75, 3.05) is 24.5 Å². The van der Waals surface area contributed by atoms with Gasteiger partial charge in [0.05, 0.1) is 11.1 Å². The summed E-state index contributed by atoms with van der Waals surface area (Å²) in [6, 6.07) is 14.5. The van der Waals surface area contributed by atoms with Gasteiger partial charge in [0.25, 0.3) is 5.91 Å². The number of hydrogen-bond donors (Lipinski definition) is 1. The third kappa shape index (κ3) is 3.84. The highest BCUT2D eigenvalue weighted by atomic mass is 19.1. The molecule has 1 saturated heterocycles. The number of aryl methyl sites for hydroxylation is 2. The van der Waals surface area contributed by atoms with Crippen molar-refractivity contribution < 1.29 is 9.18 Å². The first-order valence-corrected chi connectivity index (χ1v) is 9.66. The summed E-state index contributed by atoms with van der Waals surface area (Å²) in [6.45, 7) is 6.34. The molecule has 3 aromatic rings. The standard InChI is InChI=1S/C23H24FN3O/c1-15-3-8-22-20(11-15)21(12-16(2)26-22)23(28)25-13-17-9-10-27(14-17)19-6-4-18(24)5-7-19/h3-8,11-12,17H,9-10,13-14H2,1-2H3,(H,25,28). The van der Waals surface area contributed by atoms with E-state index in [-0.39, 0.29) is 11.7 Å². The van der Waals surface area contributed by atoms with Crippen molar-refractivity contribution in [3.63, 3.8) is 0 Å². The number of fused-ring (bicyclic) bond motifs is 1. The monoisotopic (exact) mass is 377 g/mol. The molecular weight excluding hydrogens is 353 g/mol. The third-order valence-corrected chi connectivity index (χ3v) is 5.37. The zero-order valence-electron chi connectivity index (χ0n) is 16.2. The molecule has 0 saturated carbocycles. The molecule has 0 spiro atoms. The van der Waals surface area contributed by atoms with E-state index in [2.05, 4.69) is 15.2 Å². The quantitative estimate of drug-likeness (QED) is 0.739. The van der Waals surface area contributed by atoms with E-state index in [9.17, 15) is 9.18 Å². The maximum Gasteiger partial charge on any atom is 0.252 e. The summed E-state index contributed by atoms with van der Waals surface area (Å²) in [5.41, 5.74) is 4.50. The molecule has 1 aromatic heterocycles. The zero-order valence-corrected chi connectivity index (χ0v) is 16.2. The second-order valence-electron chi connectivity index (χ2n) is 7.62. The van der Waals surface area contributed by atoms with E-state index in [0.717, 1.165) is 47.4 Å². The van der Waals surface area contributed by atoms with Gasteiger partial charge in [-0.05, 0) is 68.7 Å². The van der Waals surface area contributed by atoms with Gasteiger partial charge in [-0.1, -0.05) is 11.6 Å². The first-order valence-electron chi connectivity index (χ1n) is 9.66. The fourth-order valence-electron chi connectivity index (χ4n) is 3.88. The van der Waals surface area contributed by atoms with Gasteiger partial charge in [-0.3, -0.25) is 9.78 Å². The largest absolute Gasteiger partial charge is 0.371 e. The molecule has 1 aliphatic heterocycles. The van der Waals surface area contributed by atoms with Crippen molar-refractivity contribution in [2.45, 2.75) is 20.3 Å². The minimum absolute atomic E-state index is 0.0543. The lowest BCUT2D eigenvalue weighted by Crippen LogP contribution is -2.31. The number of anilines is 1. The minimum atomic E-state index is -0.220. The summed E-state index contributed by atoms with van der Waals surface area (Å²) in [5, 5.41) is 4.00. The minimum Gasteiger partial charge on any atom is -0.371 e. The fraction of sp³-hybridized carbons (Fsp3) is 0.304. The number of benzene rings is 2. The number of aromatic nitrogens is 1. The summed E-state index contributed by atoms with van der Waals surface area (Å²) in [6.07, 6.45) is 1.01. The van der Waals surface area contributed by atoms with Crippen LogP contribution in [0.3, 0.4) is 0 Å². The Bertz CT molecular complexity index is 1020. The van der Waals surface area contributed by atoms with Crippen molar-refractivity contribution in [3.05, 3.63) is 71.2 Å². The molecule has 5 heteroatoms. The van der Waals surface area contributed by atoms with E-state index in [1.807, 2.05) is 50.2 Å². The van der Waals surface area contributed by atoms with Crippen molar-refractivity contribution in [2.24, 2.45) is 5.92 Å². The SMILES string of the molecule is Cc1ccc2nc(C)cc(C(=O)NCC3CCN(c4ccc(F)cc4)C3)c2c1. The molecule has 1 atom stereocenters. The van der Waals surface area contributed by atoms with E-state index < -0.39 is 0 Å². The molecule has 1 fully saturated rings. The fourth-order valence-corrected chi connectivity index (χ4v) is 3.88. The molecule has 1 unspecified atom stereocenters. The predicted octanol–water partition coefficient (Wildman–Crippen LogP) is 4.25. The van der Waals surface area contributed by atoms with E-state index in [1.54, 1.807) is 0 Å². The summed E-state index contributed by atoms with van der Waals surface area (Å²) < 4.78 is 13.1. The number of hydrogen-bond acceptors (Lipinski definition) is 3. The first-order chi connectivity index (χ1) is 13.5. The van der Waals surface area contributed by atoms with Crippen LogP contribution < -0.4 is 10.2 Å². The smallest absolute Gasteiger partial charge is 0.252 e. The van der Waals surface area contributed by atoms with E-state index in [0.29, 0.717) is 18.0 Å². The highest BCUT2D eigenvalue weighted by molar-refractivity contribution is 6.06. The maximum atomic E-state index is 13.1. The number of carbonyl (C=O) groups is 1. The Morgan fingerprint density at radius 1 is 1.18 bits per heavy atom. The summed E-state index contributed by atoms with van der Waals surface area (Å²) in [5.74, 6) is 0.105. The molecule has 144 valence electrons. The van der Waals surface area contributed by atoms with Crippen LogP contribution in [0, 0.1) is 25.6 Å². The van der Waals surface area contributed by atoms with E-state index in [4.69, 9.17) is 0 Å². The lowest BCUT2D eigenvalue weighted by atomic mass is 10.0. The Balaban J connectivity index is 1.43. The van der Waals surface area contributed by atoms with Gasteiger partial charge >= 0.3 is 0 Å². The van der Waals surface area contributed by atoms with Crippen LogP contribution in [0.25, 0.3) is 10.9 Å². The van der Waals surface area contributed by atoms with Crippen LogP contribution in [0.1, 0.15) is 28.0 Å². The second kappa shape index (κ2) is 7.58. The van der Waals surface area contributed by atoms with Gasteiger partial charge in [0, 0.05) is 36.4 Å². The zero-order chi connectivity index (χ0) is 19.7. The number of rotatable bonds is 4. The number of pyridine rings is 1. The third-order valence-electron chi connectivity index (χ3n) is 5.37. The normalized spacial score (nSPS) is 16.5. The molecule has 2 aromatic carbocycles. The van der Waals surface area contributed by atoms with Crippen LogP contribution in [-0.4, -0.2) is 30.5 Å². The van der Waals surface area contributed by atoms with Gasteiger partial charge < -0.3 is 10.2 Å². The topological polar surface area (TPSA) is 45.2 Å². The number of halogens is 1.